The Morgan fingerprint density at radius 3 is 2.62 bits per heavy atom. The minimum absolute atomic E-state index is 0.208. The van der Waals surface area contributed by atoms with Gasteiger partial charge in [-0.05, 0) is 67.5 Å². The summed E-state index contributed by atoms with van der Waals surface area (Å²) in [4.78, 5) is 21.3. The van der Waals surface area contributed by atoms with Crippen molar-refractivity contribution in [1.29, 1.82) is 0 Å². The zero-order valence-electron chi connectivity index (χ0n) is 15.9. The molecular weight excluding hydrogens is 369 g/mol. The number of hydrogen-bond acceptors (Lipinski definition) is 4. The Kier molecular flexibility index (Phi) is 5.62. The molecule has 0 bridgehead atoms. The Balaban J connectivity index is 1.57. The lowest BCUT2D eigenvalue weighted by Crippen LogP contribution is -2.20. The number of carbonyl (C=O) groups is 1. The van der Waals surface area contributed by atoms with Crippen LogP contribution in [0, 0.1) is 5.82 Å². The van der Waals surface area contributed by atoms with E-state index in [1.165, 1.54) is 6.07 Å². The van der Waals surface area contributed by atoms with Gasteiger partial charge in [0.25, 0.3) is 5.91 Å². The molecule has 5 nitrogen and oxygen atoms in total. The summed E-state index contributed by atoms with van der Waals surface area (Å²) in [6.45, 7) is 0. The molecule has 29 heavy (non-hydrogen) atoms. The maximum atomic E-state index is 14.1. The third-order valence-electron chi connectivity index (χ3n) is 5.37. The molecule has 1 aliphatic rings. The molecule has 2 heterocycles. The summed E-state index contributed by atoms with van der Waals surface area (Å²) in [6, 6.07) is 13.2. The van der Waals surface area contributed by atoms with Crippen molar-refractivity contribution >= 4 is 11.6 Å². The lowest BCUT2D eigenvalue weighted by Gasteiger charge is -2.27. The van der Waals surface area contributed by atoms with Crippen molar-refractivity contribution in [2.24, 2.45) is 0 Å². The van der Waals surface area contributed by atoms with Gasteiger partial charge in [-0.25, -0.2) is 9.37 Å². The third kappa shape index (κ3) is 4.32. The number of pyridine rings is 2. The van der Waals surface area contributed by atoms with E-state index < -0.39 is 0 Å². The van der Waals surface area contributed by atoms with Crippen LogP contribution in [0.5, 0.6) is 0 Å². The normalized spacial score (nSPS) is 19.0. The van der Waals surface area contributed by atoms with Crippen molar-refractivity contribution in [2.75, 3.05) is 5.32 Å². The maximum absolute atomic E-state index is 14.1. The van der Waals surface area contributed by atoms with E-state index in [4.69, 9.17) is 0 Å². The number of hydrogen-bond donors (Lipinski definition) is 2. The predicted octanol–water partition coefficient (Wildman–Crippen LogP) is 4.55. The Hall–Kier alpha value is -3.12. The molecule has 0 saturated heterocycles. The smallest absolute Gasteiger partial charge is 0.274 e. The van der Waals surface area contributed by atoms with E-state index in [1.807, 2.05) is 6.07 Å². The highest BCUT2D eigenvalue weighted by atomic mass is 19.1. The Morgan fingerprint density at radius 1 is 1.03 bits per heavy atom. The van der Waals surface area contributed by atoms with Crippen LogP contribution in [0.1, 0.15) is 47.7 Å². The number of halogens is 1. The molecule has 1 aliphatic carbocycles. The van der Waals surface area contributed by atoms with Gasteiger partial charge in [-0.15, -0.1) is 0 Å². The summed E-state index contributed by atoms with van der Waals surface area (Å²) in [5, 5.41) is 12.7. The minimum Gasteiger partial charge on any atom is -0.393 e. The van der Waals surface area contributed by atoms with Crippen molar-refractivity contribution in [3.8, 4) is 11.3 Å². The first-order valence-corrected chi connectivity index (χ1v) is 9.77. The van der Waals surface area contributed by atoms with Crippen LogP contribution >= 0.6 is 0 Å². The van der Waals surface area contributed by atoms with Gasteiger partial charge in [-0.1, -0.05) is 18.2 Å². The molecule has 2 N–H and O–H groups in total. The average molecular weight is 391 g/mol. The largest absolute Gasteiger partial charge is 0.393 e. The van der Waals surface area contributed by atoms with Crippen LogP contribution in [0.15, 0.2) is 60.9 Å². The highest BCUT2D eigenvalue weighted by Crippen LogP contribution is 2.36. The quantitative estimate of drug-likeness (QED) is 0.684. The molecule has 1 amide bonds. The van der Waals surface area contributed by atoms with Crippen molar-refractivity contribution < 1.29 is 14.3 Å². The second-order valence-electron chi connectivity index (χ2n) is 7.31. The number of aliphatic hydroxyl groups is 1. The topological polar surface area (TPSA) is 75.1 Å². The Bertz CT molecular complexity index is 1020. The Labute approximate surface area is 168 Å². The van der Waals surface area contributed by atoms with Gasteiger partial charge < -0.3 is 10.4 Å². The lowest BCUT2D eigenvalue weighted by molar-refractivity contribution is 0.102. The van der Waals surface area contributed by atoms with E-state index in [0.29, 0.717) is 16.9 Å². The molecule has 6 heteroatoms. The summed E-state index contributed by atoms with van der Waals surface area (Å²) in [7, 11) is 0. The third-order valence-corrected chi connectivity index (χ3v) is 5.37. The summed E-state index contributed by atoms with van der Waals surface area (Å²) < 4.78 is 14.1. The highest BCUT2D eigenvalue weighted by Gasteiger charge is 2.23. The van der Waals surface area contributed by atoms with E-state index in [1.54, 1.807) is 48.8 Å². The molecular formula is C23H22FN3O2. The van der Waals surface area contributed by atoms with Gasteiger partial charge in [0.15, 0.2) is 0 Å². The van der Waals surface area contributed by atoms with Gasteiger partial charge >= 0.3 is 0 Å². The molecule has 0 spiro atoms. The fraction of sp³-hybridized carbons (Fsp3) is 0.261. The van der Waals surface area contributed by atoms with Crippen LogP contribution in [0.4, 0.5) is 10.1 Å². The molecule has 148 valence electrons. The number of nitrogens with one attached hydrogen (secondary N) is 1. The van der Waals surface area contributed by atoms with Gasteiger partial charge in [-0.3, -0.25) is 9.78 Å². The molecule has 3 aromatic rings. The highest BCUT2D eigenvalue weighted by molar-refractivity contribution is 6.03. The molecule has 0 unspecified atom stereocenters. The predicted molar refractivity (Wildman–Crippen MR) is 109 cm³/mol. The monoisotopic (exact) mass is 391 g/mol. The summed E-state index contributed by atoms with van der Waals surface area (Å²) in [5.74, 6) is -0.478. The van der Waals surface area contributed by atoms with Crippen molar-refractivity contribution in [1.82, 2.24) is 9.97 Å². The van der Waals surface area contributed by atoms with Crippen LogP contribution in [-0.4, -0.2) is 27.1 Å². The fourth-order valence-electron chi connectivity index (χ4n) is 3.82. The molecule has 0 aliphatic heterocycles. The van der Waals surface area contributed by atoms with Gasteiger partial charge in [0.2, 0.25) is 0 Å². The van der Waals surface area contributed by atoms with Gasteiger partial charge in [0.05, 0.1) is 23.7 Å². The summed E-state index contributed by atoms with van der Waals surface area (Å²) >= 11 is 0. The number of nitrogens with zero attached hydrogens (tertiary/aromatic N) is 2. The molecule has 0 atom stereocenters. The second kappa shape index (κ2) is 8.49. The Morgan fingerprint density at radius 2 is 1.83 bits per heavy atom. The second-order valence-corrected chi connectivity index (χ2v) is 7.31. The van der Waals surface area contributed by atoms with E-state index in [9.17, 15) is 14.3 Å². The number of rotatable bonds is 4. The van der Waals surface area contributed by atoms with E-state index >= 15 is 0 Å². The number of aromatic nitrogens is 2. The first-order chi connectivity index (χ1) is 14.1. The van der Waals surface area contributed by atoms with Crippen molar-refractivity contribution in [3.05, 3.63) is 78.0 Å². The number of amides is 1. The van der Waals surface area contributed by atoms with Crippen molar-refractivity contribution in [3.63, 3.8) is 0 Å². The first kappa shape index (κ1) is 19.2. The zero-order chi connectivity index (χ0) is 20.2. The fourth-order valence-corrected chi connectivity index (χ4v) is 3.82. The van der Waals surface area contributed by atoms with E-state index in [0.717, 1.165) is 31.2 Å². The number of benzene rings is 1. The van der Waals surface area contributed by atoms with E-state index in [-0.39, 0.29) is 29.4 Å². The lowest BCUT2D eigenvalue weighted by atomic mass is 9.82. The van der Waals surface area contributed by atoms with Crippen LogP contribution in [0.25, 0.3) is 11.3 Å². The molecule has 1 aromatic carbocycles. The SMILES string of the molecule is O=C(Nc1cnccc1[C@H]1CC[C@@H](O)CC1)c1cccc(-c2ccccc2F)n1. The number of anilines is 1. The standard InChI is InChI=1S/C23H22FN3O2/c24-19-5-2-1-4-18(19)20-6-3-7-21(26-20)23(29)27-22-14-25-13-12-17(22)15-8-10-16(28)11-9-15/h1-7,12-16,28H,8-11H2,(H,27,29)/t15-,16+. The molecule has 4 rings (SSSR count). The molecule has 2 aromatic heterocycles. The van der Waals surface area contributed by atoms with Crippen LogP contribution < -0.4 is 5.32 Å². The van der Waals surface area contributed by atoms with Crippen LogP contribution in [0.2, 0.25) is 0 Å². The minimum atomic E-state index is -0.383. The van der Waals surface area contributed by atoms with Crippen molar-refractivity contribution in [2.45, 2.75) is 37.7 Å². The zero-order valence-corrected chi connectivity index (χ0v) is 15.9. The maximum Gasteiger partial charge on any atom is 0.274 e. The summed E-state index contributed by atoms with van der Waals surface area (Å²) in [5.41, 5.74) is 2.63. The number of aliphatic hydroxyl groups excluding tert-OH is 1. The van der Waals surface area contributed by atoms with Gasteiger partial charge in [0.1, 0.15) is 11.5 Å². The van der Waals surface area contributed by atoms with Gasteiger partial charge in [-0.2, -0.15) is 0 Å². The average Bonchev–Trinajstić information content (AvgIpc) is 2.75. The number of carbonyl (C=O) groups excluding carboxylic acids is 1. The van der Waals surface area contributed by atoms with Crippen LogP contribution in [-0.2, 0) is 0 Å². The van der Waals surface area contributed by atoms with Crippen LogP contribution in [0.3, 0.4) is 0 Å². The first-order valence-electron chi connectivity index (χ1n) is 9.77. The van der Waals surface area contributed by atoms with E-state index in [2.05, 4.69) is 15.3 Å². The van der Waals surface area contributed by atoms with Gasteiger partial charge in [0, 0.05) is 11.8 Å². The molecule has 1 saturated carbocycles. The molecule has 1 fully saturated rings. The summed E-state index contributed by atoms with van der Waals surface area (Å²) in [6.07, 6.45) is 6.37. The molecule has 0 radical (unpaired) electrons.